The molecule has 2 heterocycles. The second-order valence-electron chi connectivity index (χ2n) is 5.18. The average Bonchev–Trinajstić information content (AvgIpc) is 2.48. The lowest BCUT2D eigenvalue weighted by Gasteiger charge is -2.31. The van der Waals surface area contributed by atoms with E-state index in [1.807, 2.05) is 6.92 Å². The second-order valence-corrected chi connectivity index (χ2v) is 5.59. The Balaban J connectivity index is 1.86. The van der Waals surface area contributed by atoms with Crippen molar-refractivity contribution in [2.75, 3.05) is 43.4 Å². The van der Waals surface area contributed by atoms with Crippen molar-refractivity contribution in [1.29, 1.82) is 0 Å². The van der Waals surface area contributed by atoms with Gasteiger partial charge < -0.3 is 15.5 Å². The molecule has 5 nitrogen and oxygen atoms in total. The lowest BCUT2D eigenvalue weighted by atomic mass is 9.97. The van der Waals surface area contributed by atoms with E-state index in [0.717, 1.165) is 25.5 Å². The molecule has 112 valence electrons. The minimum absolute atomic E-state index is 0.581. The van der Waals surface area contributed by atoms with Gasteiger partial charge in [0.25, 0.3) is 0 Å². The largest absolute Gasteiger partial charge is 0.368 e. The molecule has 0 unspecified atom stereocenters. The summed E-state index contributed by atoms with van der Waals surface area (Å²) in [6.07, 6.45) is 4.13. The molecule has 1 fully saturated rings. The van der Waals surface area contributed by atoms with E-state index in [2.05, 4.69) is 32.4 Å². The van der Waals surface area contributed by atoms with Gasteiger partial charge in [-0.15, -0.1) is 0 Å². The number of likely N-dealkylation sites (tertiary alicyclic amines) is 1. The van der Waals surface area contributed by atoms with Gasteiger partial charge >= 0.3 is 0 Å². The molecule has 2 rings (SSSR count). The number of nitrogens with one attached hydrogen (secondary N) is 2. The zero-order valence-corrected chi connectivity index (χ0v) is 13.1. The molecular weight excluding hydrogens is 274 g/mol. The fraction of sp³-hybridized carbons (Fsp3) is 0.714. The third-order valence-electron chi connectivity index (χ3n) is 3.79. The summed E-state index contributed by atoms with van der Waals surface area (Å²) < 4.78 is 0. The zero-order chi connectivity index (χ0) is 14.4. The van der Waals surface area contributed by atoms with Gasteiger partial charge in [-0.05, 0) is 45.3 Å². The number of aromatic nitrogens is 2. The molecule has 1 saturated heterocycles. The van der Waals surface area contributed by atoms with E-state index in [9.17, 15) is 0 Å². The smallest absolute Gasteiger partial charge is 0.224 e. The molecule has 0 spiro atoms. The number of hydrogen-bond acceptors (Lipinski definition) is 5. The molecule has 0 aromatic carbocycles. The average molecular weight is 298 g/mol. The number of nitrogens with zero attached hydrogens (tertiary/aromatic N) is 3. The predicted octanol–water partition coefficient (Wildman–Crippen LogP) is 2.71. The van der Waals surface area contributed by atoms with Gasteiger partial charge in [0.15, 0.2) is 0 Å². The topological polar surface area (TPSA) is 53.1 Å². The minimum atomic E-state index is 0.581. The summed E-state index contributed by atoms with van der Waals surface area (Å²) in [7, 11) is 0. The van der Waals surface area contributed by atoms with Crippen molar-refractivity contribution in [1.82, 2.24) is 14.9 Å². The van der Waals surface area contributed by atoms with Gasteiger partial charge in [0.1, 0.15) is 10.8 Å². The van der Waals surface area contributed by atoms with Gasteiger partial charge in [-0.3, -0.25) is 0 Å². The lowest BCUT2D eigenvalue weighted by Crippen LogP contribution is -2.35. The van der Waals surface area contributed by atoms with E-state index >= 15 is 0 Å². The second kappa shape index (κ2) is 7.64. The normalized spacial score (nSPS) is 17.1. The Morgan fingerprint density at radius 2 is 2.05 bits per heavy atom. The highest BCUT2D eigenvalue weighted by atomic mass is 35.5. The maximum Gasteiger partial charge on any atom is 0.224 e. The van der Waals surface area contributed by atoms with Crippen LogP contribution < -0.4 is 10.6 Å². The van der Waals surface area contributed by atoms with E-state index in [0.29, 0.717) is 16.9 Å². The van der Waals surface area contributed by atoms with E-state index < -0.39 is 0 Å². The van der Waals surface area contributed by atoms with Gasteiger partial charge in [-0.1, -0.05) is 18.5 Å². The molecule has 1 aromatic rings. The highest BCUT2D eigenvalue weighted by Crippen LogP contribution is 2.22. The Labute approximate surface area is 126 Å². The molecule has 0 radical (unpaired) electrons. The van der Waals surface area contributed by atoms with E-state index in [1.165, 1.54) is 25.9 Å². The molecule has 1 aliphatic heterocycles. The lowest BCUT2D eigenvalue weighted by molar-refractivity contribution is 0.198. The van der Waals surface area contributed by atoms with Crippen LogP contribution in [0.15, 0.2) is 6.20 Å². The fourth-order valence-electron chi connectivity index (χ4n) is 2.48. The van der Waals surface area contributed by atoms with Crippen LogP contribution in [0, 0.1) is 5.92 Å². The van der Waals surface area contributed by atoms with E-state index in [4.69, 9.17) is 11.6 Å². The summed E-state index contributed by atoms with van der Waals surface area (Å²) in [5.41, 5.74) is 0. The predicted molar refractivity (Wildman–Crippen MR) is 84.5 cm³/mol. The highest BCUT2D eigenvalue weighted by molar-refractivity contribution is 6.32. The maximum absolute atomic E-state index is 6.14. The summed E-state index contributed by atoms with van der Waals surface area (Å²) >= 11 is 6.14. The molecule has 2 N–H and O–H groups in total. The number of anilines is 2. The van der Waals surface area contributed by atoms with Crippen LogP contribution >= 0.6 is 11.6 Å². The first-order valence-electron chi connectivity index (χ1n) is 7.45. The Morgan fingerprint density at radius 1 is 1.30 bits per heavy atom. The summed E-state index contributed by atoms with van der Waals surface area (Å²) in [5.74, 6) is 2.06. The van der Waals surface area contributed by atoms with Gasteiger partial charge in [0, 0.05) is 13.1 Å². The van der Waals surface area contributed by atoms with Crippen molar-refractivity contribution >= 4 is 23.4 Å². The number of hydrogen-bond donors (Lipinski definition) is 2. The van der Waals surface area contributed by atoms with Crippen LogP contribution in [-0.4, -0.2) is 47.6 Å². The zero-order valence-electron chi connectivity index (χ0n) is 12.3. The first-order chi connectivity index (χ1) is 9.72. The van der Waals surface area contributed by atoms with Crippen LogP contribution in [0.25, 0.3) is 0 Å². The minimum Gasteiger partial charge on any atom is -0.368 e. The first-order valence-corrected chi connectivity index (χ1v) is 7.83. The molecule has 6 heteroatoms. The van der Waals surface area contributed by atoms with Crippen molar-refractivity contribution < 1.29 is 0 Å². The number of halogens is 1. The van der Waals surface area contributed by atoms with Crippen molar-refractivity contribution in [2.45, 2.75) is 26.7 Å². The third-order valence-corrected chi connectivity index (χ3v) is 4.07. The molecule has 20 heavy (non-hydrogen) atoms. The molecule has 0 atom stereocenters. The van der Waals surface area contributed by atoms with E-state index in [-0.39, 0.29) is 0 Å². The quantitative estimate of drug-likeness (QED) is 0.845. The molecule has 1 aliphatic rings. The maximum atomic E-state index is 6.14. The molecule has 0 saturated carbocycles. The van der Waals surface area contributed by atoms with Crippen LogP contribution in [0.4, 0.5) is 11.8 Å². The summed E-state index contributed by atoms with van der Waals surface area (Å²) in [6, 6.07) is 0. The van der Waals surface area contributed by atoms with Crippen LogP contribution in [0.2, 0.25) is 5.02 Å². The van der Waals surface area contributed by atoms with Crippen LogP contribution in [0.5, 0.6) is 0 Å². The van der Waals surface area contributed by atoms with Gasteiger partial charge in [-0.25, -0.2) is 4.98 Å². The Kier molecular flexibility index (Phi) is 5.86. The standard InChI is InChI=1S/C14H24ClN5/c1-3-16-14-18-10-12(15)13(19-14)17-9-11-5-7-20(4-2)8-6-11/h10-11H,3-9H2,1-2H3,(H2,16,17,18,19). The monoisotopic (exact) mass is 297 g/mol. The van der Waals surface area contributed by atoms with Gasteiger partial charge in [0.05, 0.1) is 6.20 Å². The SMILES string of the molecule is CCNc1ncc(Cl)c(NCC2CCN(CC)CC2)n1. The van der Waals surface area contributed by atoms with Crippen LogP contribution in [0.3, 0.4) is 0 Å². The molecular formula is C14H24ClN5. The number of rotatable bonds is 6. The van der Waals surface area contributed by atoms with Gasteiger partial charge in [0.2, 0.25) is 5.95 Å². The Bertz CT molecular complexity index is 418. The fourth-order valence-corrected chi connectivity index (χ4v) is 2.64. The van der Waals surface area contributed by atoms with Crippen molar-refractivity contribution in [3.05, 3.63) is 11.2 Å². The van der Waals surface area contributed by atoms with Crippen molar-refractivity contribution in [3.8, 4) is 0 Å². The van der Waals surface area contributed by atoms with Crippen LogP contribution in [0.1, 0.15) is 26.7 Å². The first kappa shape index (κ1) is 15.3. The van der Waals surface area contributed by atoms with Gasteiger partial charge in [-0.2, -0.15) is 4.98 Å². The van der Waals surface area contributed by atoms with Crippen molar-refractivity contribution in [2.24, 2.45) is 5.92 Å². The number of piperidine rings is 1. The van der Waals surface area contributed by atoms with E-state index in [1.54, 1.807) is 6.20 Å². The summed E-state index contributed by atoms with van der Waals surface area (Å²) in [4.78, 5) is 11.0. The Morgan fingerprint density at radius 3 is 2.70 bits per heavy atom. The summed E-state index contributed by atoms with van der Waals surface area (Å²) in [6.45, 7) is 9.53. The Hall–Kier alpha value is -1.07. The third kappa shape index (κ3) is 4.21. The molecule has 0 bridgehead atoms. The van der Waals surface area contributed by atoms with Crippen LogP contribution in [-0.2, 0) is 0 Å². The molecule has 0 aliphatic carbocycles. The molecule has 1 aromatic heterocycles. The summed E-state index contributed by atoms with van der Waals surface area (Å²) in [5, 5.41) is 7.05. The highest BCUT2D eigenvalue weighted by Gasteiger charge is 2.18. The van der Waals surface area contributed by atoms with Crippen molar-refractivity contribution in [3.63, 3.8) is 0 Å². The molecule has 0 amide bonds.